The second-order valence-corrected chi connectivity index (χ2v) is 10.6. The Labute approximate surface area is 209 Å². The topological polar surface area (TPSA) is 96.0 Å². The van der Waals surface area contributed by atoms with E-state index in [0.29, 0.717) is 17.9 Å². The number of benzene rings is 2. The van der Waals surface area contributed by atoms with Crippen molar-refractivity contribution < 1.29 is 22.7 Å². The van der Waals surface area contributed by atoms with Crippen LogP contribution in [0, 0.1) is 6.92 Å². The molecular formula is C26H37N3O5S. The molecule has 0 aliphatic carbocycles. The molecule has 2 amide bonds. The fraction of sp³-hybridized carbons (Fsp3) is 0.462. The van der Waals surface area contributed by atoms with Crippen molar-refractivity contribution in [3.63, 3.8) is 0 Å². The zero-order valence-electron chi connectivity index (χ0n) is 21.4. The molecule has 35 heavy (non-hydrogen) atoms. The molecule has 192 valence electrons. The van der Waals surface area contributed by atoms with E-state index in [9.17, 15) is 18.0 Å². The third kappa shape index (κ3) is 7.99. The van der Waals surface area contributed by atoms with Crippen LogP contribution in [0.15, 0.2) is 48.5 Å². The Balaban J connectivity index is 2.42. The minimum absolute atomic E-state index is 0.0419. The molecular weight excluding hydrogens is 466 g/mol. The van der Waals surface area contributed by atoms with Gasteiger partial charge in [-0.05, 0) is 56.5 Å². The van der Waals surface area contributed by atoms with Crippen molar-refractivity contribution in [1.82, 2.24) is 10.2 Å². The number of hydrogen-bond donors (Lipinski definition) is 1. The van der Waals surface area contributed by atoms with Gasteiger partial charge in [-0.2, -0.15) is 0 Å². The number of carbonyl (C=O) groups excluding carboxylic acids is 2. The van der Waals surface area contributed by atoms with Crippen LogP contribution >= 0.6 is 0 Å². The molecule has 0 aliphatic heterocycles. The first-order chi connectivity index (χ1) is 16.5. The number of anilines is 1. The van der Waals surface area contributed by atoms with Gasteiger partial charge >= 0.3 is 0 Å². The van der Waals surface area contributed by atoms with Gasteiger partial charge in [0.2, 0.25) is 21.8 Å². The Kier molecular flexibility index (Phi) is 10.1. The van der Waals surface area contributed by atoms with Gasteiger partial charge < -0.3 is 15.0 Å². The Morgan fingerprint density at radius 1 is 1.00 bits per heavy atom. The van der Waals surface area contributed by atoms with Crippen molar-refractivity contribution in [2.45, 2.75) is 59.2 Å². The molecule has 0 aromatic heterocycles. The number of amides is 2. The summed E-state index contributed by atoms with van der Waals surface area (Å²) in [4.78, 5) is 28.2. The van der Waals surface area contributed by atoms with Crippen molar-refractivity contribution in [3.05, 3.63) is 59.7 Å². The van der Waals surface area contributed by atoms with Gasteiger partial charge in [-0.3, -0.25) is 13.9 Å². The Bertz CT molecular complexity index is 1080. The number of hydrogen-bond acceptors (Lipinski definition) is 5. The van der Waals surface area contributed by atoms with Gasteiger partial charge in [-0.25, -0.2) is 8.42 Å². The number of ether oxygens (including phenoxy) is 1. The first-order valence-corrected chi connectivity index (χ1v) is 13.6. The molecule has 1 N–H and O–H groups in total. The van der Waals surface area contributed by atoms with Crippen molar-refractivity contribution in [2.24, 2.45) is 0 Å². The third-order valence-electron chi connectivity index (χ3n) is 5.90. The smallest absolute Gasteiger partial charge is 0.244 e. The minimum atomic E-state index is -3.78. The number of aryl methyl sites for hydroxylation is 1. The third-order valence-corrected chi connectivity index (χ3v) is 7.04. The van der Waals surface area contributed by atoms with Crippen LogP contribution in [0.5, 0.6) is 5.75 Å². The summed E-state index contributed by atoms with van der Waals surface area (Å²) in [5, 5.41) is 2.96. The van der Waals surface area contributed by atoms with Crippen molar-refractivity contribution in [2.75, 3.05) is 24.2 Å². The second-order valence-electron chi connectivity index (χ2n) is 8.72. The monoisotopic (exact) mass is 503 g/mol. The number of rotatable bonds is 12. The van der Waals surface area contributed by atoms with E-state index >= 15 is 0 Å². The van der Waals surface area contributed by atoms with Crippen LogP contribution in [0.1, 0.15) is 44.7 Å². The van der Waals surface area contributed by atoms with Gasteiger partial charge in [0.15, 0.2) is 0 Å². The lowest BCUT2D eigenvalue weighted by Gasteiger charge is -2.33. The zero-order valence-corrected chi connectivity index (χ0v) is 22.3. The molecule has 9 heteroatoms. The van der Waals surface area contributed by atoms with Gasteiger partial charge in [0.25, 0.3) is 0 Å². The van der Waals surface area contributed by atoms with E-state index in [-0.39, 0.29) is 18.5 Å². The summed E-state index contributed by atoms with van der Waals surface area (Å²) in [6.07, 6.45) is 2.20. The minimum Gasteiger partial charge on any atom is -0.497 e. The van der Waals surface area contributed by atoms with Crippen LogP contribution in [-0.4, -0.2) is 57.1 Å². The maximum atomic E-state index is 13.6. The molecule has 0 unspecified atom stereocenters. The highest BCUT2D eigenvalue weighted by Crippen LogP contribution is 2.22. The summed E-state index contributed by atoms with van der Waals surface area (Å²) in [6.45, 7) is 7.45. The molecule has 0 saturated carbocycles. The molecule has 2 aromatic rings. The molecule has 2 aromatic carbocycles. The Hall–Kier alpha value is -3.07. The number of carbonyl (C=O) groups is 2. The average molecular weight is 504 g/mol. The molecule has 8 nitrogen and oxygen atoms in total. The SMILES string of the molecule is CC[C@H](C)NC(=O)[C@H](CC)N(Cc1ccc(C)cc1)C(=O)CN(c1ccc(OC)cc1)S(C)(=O)=O. The largest absolute Gasteiger partial charge is 0.497 e. The molecule has 0 fully saturated rings. The van der Waals surface area contributed by atoms with Crippen molar-refractivity contribution in [3.8, 4) is 5.75 Å². The van der Waals surface area contributed by atoms with Gasteiger partial charge in [0.1, 0.15) is 18.3 Å². The number of nitrogens with one attached hydrogen (secondary N) is 1. The molecule has 2 atom stereocenters. The van der Waals surface area contributed by atoms with E-state index in [2.05, 4.69) is 5.32 Å². The van der Waals surface area contributed by atoms with E-state index in [0.717, 1.165) is 28.1 Å². The van der Waals surface area contributed by atoms with E-state index in [1.807, 2.05) is 52.0 Å². The quantitative estimate of drug-likeness (QED) is 0.478. The van der Waals surface area contributed by atoms with Crippen molar-refractivity contribution in [1.29, 1.82) is 0 Å². The lowest BCUT2D eigenvalue weighted by atomic mass is 10.1. The maximum absolute atomic E-state index is 13.6. The molecule has 0 aliphatic rings. The predicted octanol–water partition coefficient (Wildman–Crippen LogP) is 3.49. The van der Waals surface area contributed by atoms with Crippen LogP contribution in [-0.2, 0) is 26.2 Å². The fourth-order valence-electron chi connectivity index (χ4n) is 3.61. The van der Waals surface area contributed by atoms with Crippen LogP contribution in [0.4, 0.5) is 5.69 Å². The summed E-state index contributed by atoms with van der Waals surface area (Å²) in [6, 6.07) is 13.4. The summed E-state index contributed by atoms with van der Waals surface area (Å²) >= 11 is 0. The van der Waals surface area contributed by atoms with Gasteiger partial charge in [-0.1, -0.05) is 43.7 Å². The van der Waals surface area contributed by atoms with Crippen LogP contribution < -0.4 is 14.4 Å². The maximum Gasteiger partial charge on any atom is 0.244 e. The molecule has 0 radical (unpaired) electrons. The zero-order chi connectivity index (χ0) is 26.2. The van der Waals surface area contributed by atoms with Gasteiger partial charge in [0, 0.05) is 12.6 Å². The Morgan fingerprint density at radius 2 is 1.60 bits per heavy atom. The first-order valence-electron chi connectivity index (χ1n) is 11.8. The lowest BCUT2D eigenvalue weighted by Crippen LogP contribution is -2.53. The highest BCUT2D eigenvalue weighted by atomic mass is 32.2. The number of methoxy groups -OCH3 is 1. The second kappa shape index (κ2) is 12.6. The predicted molar refractivity (Wildman–Crippen MR) is 139 cm³/mol. The highest BCUT2D eigenvalue weighted by Gasteiger charge is 2.32. The van der Waals surface area contributed by atoms with Crippen LogP contribution in [0.3, 0.4) is 0 Å². The summed E-state index contributed by atoms with van der Waals surface area (Å²) in [5.74, 6) is -0.141. The first kappa shape index (κ1) is 28.2. The van der Waals surface area contributed by atoms with E-state index in [1.165, 1.54) is 12.0 Å². The molecule has 2 rings (SSSR count). The lowest BCUT2D eigenvalue weighted by molar-refractivity contribution is -0.140. The highest BCUT2D eigenvalue weighted by molar-refractivity contribution is 7.92. The van der Waals surface area contributed by atoms with Crippen LogP contribution in [0.2, 0.25) is 0 Å². The number of nitrogens with zero attached hydrogens (tertiary/aromatic N) is 2. The summed E-state index contributed by atoms with van der Waals surface area (Å²) < 4.78 is 31.5. The van der Waals surface area contributed by atoms with Gasteiger partial charge in [-0.15, -0.1) is 0 Å². The van der Waals surface area contributed by atoms with E-state index in [4.69, 9.17) is 4.74 Å². The van der Waals surface area contributed by atoms with Gasteiger partial charge in [0.05, 0.1) is 19.1 Å². The fourth-order valence-corrected chi connectivity index (χ4v) is 4.46. The van der Waals surface area contributed by atoms with E-state index in [1.54, 1.807) is 24.3 Å². The molecule has 0 spiro atoms. The standard InChI is InChI=1S/C26H37N3O5S/c1-7-20(4)27-26(31)24(8-2)28(17-21-11-9-19(3)10-12-21)25(30)18-29(35(6,32)33)22-13-15-23(34-5)16-14-22/h9-16,20,24H,7-8,17-18H2,1-6H3,(H,27,31)/t20-,24-/m0/s1. The average Bonchev–Trinajstić information content (AvgIpc) is 2.82. The summed E-state index contributed by atoms with van der Waals surface area (Å²) in [7, 11) is -2.26. The Morgan fingerprint density at radius 3 is 2.09 bits per heavy atom. The molecule has 0 saturated heterocycles. The van der Waals surface area contributed by atoms with E-state index < -0.39 is 28.5 Å². The van der Waals surface area contributed by atoms with Crippen molar-refractivity contribution >= 4 is 27.5 Å². The normalized spacial score (nSPS) is 13.0. The number of sulfonamides is 1. The summed E-state index contributed by atoms with van der Waals surface area (Å²) in [5.41, 5.74) is 2.28. The molecule has 0 bridgehead atoms. The molecule has 0 heterocycles. The van der Waals surface area contributed by atoms with Crippen LogP contribution in [0.25, 0.3) is 0 Å².